The zero-order valence-electron chi connectivity index (χ0n) is 13.0. The summed E-state index contributed by atoms with van der Waals surface area (Å²) in [5.41, 5.74) is 4.39. The molecule has 3 heteroatoms. The first-order valence-electron chi connectivity index (χ1n) is 7.06. The molecule has 2 rings (SSSR count). The van der Waals surface area contributed by atoms with Crippen LogP contribution in [0.15, 0.2) is 36.4 Å². The highest BCUT2D eigenvalue weighted by Crippen LogP contribution is 2.30. The molecule has 2 aromatic rings. The smallest absolute Gasteiger partial charge is 0.129 e. The predicted molar refractivity (Wildman–Crippen MR) is 83.9 cm³/mol. The third-order valence-electron chi connectivity index (χ3n) is 3.64. The lowest BCUT2D eigenvalue weighted by Crippen LogP contribution is -2.02. The fourth-order valence-corrected chi connectivity index (χ4v) is 2.17. The van der Waals surface area contributed by atoms with Crippen LogP contribution < -0.4 is 9.47 Å². The van der Waals surface area contributed by atoms with E-state index < -0.39 is 6.10 Å². The van der Waals surface area contributed by atoms with Crippen molar-refractivity contribution in [2.45, 2.75) is 33.5 Å². The molecule has 0 bridgehead atoms. The van der Waals surface area contributed by atoms with Gasteiger partial charge in [0.05, 0.1) is 13.2 Å². The molecule has 0 aliphatic carbocycles. The molecular weight excluding hydrogens is 264 g/mol. The van der Waals surface area contributed by atoms with E-state index in [2.05, 4.69) is 32.0 Å². The summed E-state index contributed by atoms with van der Waals surface area (Å²) in [6.45, 7) is 6.37. The van der Waals surface area contributed by atoms with Crippen LogP contribution >= 0.6 is 0 Å². The standard InChI is InChI=1S/C18H22O3/c1-12-5-6-15(9-13(12)2)11-21-18-10-16(20-4)7-8-17(18)14(3)19/h5-10,14,19H,11H2,1-4H3. The summed E-state index contributed by atoms with van der Waals surface area (Å²) in [5.74, 6) is 1.37. The molecule has 0 fully saturated rings. The van der Waals surface area contributed by atoms with Crippen LogP contribution in [0.4, 0.5) is 0 Å². The number of benzene rings is 2. The maximum Gasteiger partial charge on any atom is 0.129 e. The lowest BCUT2D eigenvalue weighted by molar-refractivity contribution is 0.190. The minimum Gasteiger partial charge on any atom is -0.497 e. The summed E-state index contributed by atoms with van der Waals surface area (Å²) in [7, 11) is 1.62. The van der Waals surface area contributed by atoms with Gasteiger partial charge in [0.1, 0.15) is 18.1 Å². The summed E-state index contributed by atoms with van der Waals surface area (Å²) in [5, 5.41) is 9.83. The van der Waals surface area contributed by atoms with E-state index >= 15 is 0 Å². The van der Waals surface area contributed by atoms with Gasteiger partial charge in [-0.1, -0.05) is 18.2 Å². The first-order chi connectivity index (χ1) is 10.0. The number of aliphatic hydroxyl groups is 1. The normalized spacial score (nSPS) is 12.0. The number of aryl methyl sites for hydroxylation is 2. The van der Waals surface area contributed by atoms with Crippen LogP contribution in [0, 0.1) is 13.8 Å². The van der Waals surface area contributed by atoms with Crippen molar-refractivity contribution in [3.8, 4) is 11.5 Å². The lowest BCUT2D eigenvalue weighted by atomic mass is 10.1. The quantitative estimate of drug-likeness (QED) is 0.904. The van der Waals surface area contributed by atoms with Crippen molar-refractivity contribution in [3.63, 3.8) is 0 Å². The van der Waals surface area contributed by atoms with Gasteiger partial charge < -0.3 is 14.6 Å². The van der Waals surface area contributed by atoms with E-state index in [9.17, 15) is 5.11 Å². The van der Waals surface area contributed by atoms with Gasteiger partial charge in [-0.25, -0.2) is 0 Å². The molecule has 0 aromatic heterocycles. The van der Waals surface area contributed by atoms with Gasteiger partial charge in [-0.05, 0) is 49.6 Å². The Hall–Kier alpha value is -2.00. The predicted octanol–water partition coefficient (Wildman–Crippen LogP) is 3.94. The fourth-order valence-electron chi connectivity index (χ4n) is 2.17. The van der Waals surface area contributed by atoms with Crippen molar-refractivity contribution < 1.29 is 14.6 Å². The van der Waals surface area contributed by atoms with E-state index in [1.54, 1.807) is 14.0 Å². The van der Waals surface area contributed by atoms with Crippen molar-refractivity contribution in [3.05, 3.63) is 58.7 Å². The second-order valence-corrected chi connectivity index (χ2v) is 5.29. The van der Waals surface area contributed by atoms with Crippen molar-refractivity contribution in [2.75, 3.05) is 7.11 Å². The molecule has 0 aliphatic heterocycles. The highest BCUT2D eigenvalue weighted by molar-refractivity contribution is 5.42. The highest BCUT2D eigenvalue weighted by Gasteiger charge is 2.11. The van der Waals surface area contributed by atoms with Gasteiger partial charge in [-0.2, -0.15) is 0 Å². The third-order valence-corrected chi connectivity index (χ3v) is 3.64. The van der Waals surface area contributed by atoms with Gasteiger partial charge in [0, 0.05) is 11.6 Å². The number of ether oxygens (including phenoxy) is 2. The van der Waals surface area contributed by atoms with Crippen LogP contribution in [0.3, 0.4) is 0 Å². The Morgan fingerprint density at radius 3 is 2.43 bits per heavy atom. The van der Waals surface area contributed by atoms with E-state index in [-0.39, 0.29) is 0 Å². The van der Waals surface area contributed by atoms with Crippen molar-refractivity contribution >= 4 is 0 Å². The van der Waals surface area contributed by atoms with E-state index in [4.69, 9.17) is 9.47 Å². The van der Waals surface area contributed by atoms with Crippen molar-refractivity contribution in [1.82, 2.24) is 0 Å². The first-order valence-corrected chi connectivity index (χ1v) is 7.06. The van der Waals surface area contributed by atoms with E-state index in [1.807, 2.05) is 18.2 Å². The molecule has 0 spiro atoms. The molecular formula is C18H22O3. The molecule has 0 radical (unpaired) electrons. The largest absolute Gasteiger partial charge is 0.497 e. The molecule has 21 heavy (non-hydrogen) atoms. The molecule has 0 aliphatic rings. The SMILES string of the molecule is COc1ccc(C(C)O)c(OCc2ccc(C)c(C)c2)c1. The molecule has 1 N–H and O–H groups in total. The highest BCUT2D eigenvalue weighted by atomic mass is 16.5. The molecule has 1 atom stereocenters. The second-order valence-electron chi connectivity index (χ2n) is 5.29. The Bertz CT molecular complexity index is 618. The van der Waals surface area contributed by atoms with Crippen LogP contribution in [-0.4, -0.2) is 12.2 Å². The maximum atomic E-state index is 9.83. The molecule has 0 heterocycles. The van der Waals surface area contributed by atoms with E-state index in [0.29, 0.717) is 12.4 Å². The number of rotatable bonds is 5. The average molecular weight is 286 g/mol. The topological polar surface area (TPSA) is 38.7 Å². The monoisotopic (exact) mass is 286 g/mol. The van der Waals surface area contributed by atoms with Gasteiger partial charge in [0.25, 0.3) is 0 Å². The lowest BCUT2D eigenvalue weighted by Gasteiger charge is -2.15. The Balaban J connectivity index is 2.19. The van der Waals surface area contributed by atoms with E-state index in [0.717, 1.165) is 16.9 Å². The van der Waals surface area contributed by atoms with Gasteiger partial charge in [0.15, 0.2) is 0 Å². The average Bonchev–Trinajstić information content (AvgIpc) is 2.48. The van der Waals surface area contributed by atoms with Crippen LogP contribution in [0.1, 0.15) is 35.3 Å². The van der Waals surface area contributed by atoms with Crippen LogP contribution in [0.2, 0.25) is 0 Å². The minimum atomic E-state index is -0.578. The molecule has 1 unspecified atom stereocenters. The Labute approximate surface area is 126 Å². The summed E-state index contributed by atoms with van der Waals surface area (Å²) < 4.78 is 11.1. The van der Waals surface area contributed by atoms with Gasteiger partial charge in [0.2, 0.25) is 0 Å². The van der Waals surface area contributed by atoms with E-state index in [1.165, 1.54) is 11.1 Å². The summed E-state index contributed by atoms with van der Waals surface area (Å²) in [6.07, 6.45) is -0.578. The number of hydrogen-bond donors (Lipinski definition) is 1. The van der Waals surface area contributed by atoms with Crippen LogP contribution in [0.5, 0.6) is 11.5 Å². The van der Waals surface area contributed by atoms with Crippen molar-refractivity contribution in [2.24, 2.45) is 0 Å². The van der Waals surface area contributed by atoms with Gasteiger partial charge >= 0.3 is 0 Å². The minimum absolute atomic E-state index is 0.466. The summed E-state index contributed by atoms with van der Waals surface area (Å²) >= 11 is 0. The van der Waals surface area contributed by atoms with Crippen molar-refractivity contribution in [1.29, 1.82) is 0 Å². The maximum absolute atomic E-state index is 9.83. The molecule has 0 saturated heterocycles. The Morgan fingerprint density at radius 2 is 1.81 bits per heavy atom. The molecule has 0 amide bonds. The molecule has 112 valence electrons. The van der Waals surface area contributed by atoms with Gasteiger partial charge in [-0.3, -0.25) is 0 Å². The van der Waals surface area contributed by atoms with Crippen LogP contribution in [0.25, 0.3) is 0 Å². The second kappa shape index (κ2) is 6.64. The zero-order chi connectivity index (χ0) is 15.4. The third kappa shape index (κ3) is 3.76. The Kier molecular flexibility index (Phi) is 4.86. The summed E-state index contributed by atoms with van der Waals surface area (Å²) in [6, 6.07) is 11.7. The molecule has 2 aromatic carbocycles. The number of aliphatic hydroxyl groups excluding tert-OH is 1. The summed E-state index contributed by atoms with van der Waals surface area (Å²) in [4.78, 5) is 0. The van der Waals surface area contributed by atoms with Gasteiger partial charge in [-0.15, -0.1) is 0 Å². The fraction of sp³-hybridized carbons (Fsp3) is 0.333. The van der Waals surface area contributed by atoms with Crippen LogP contribution in [-0.2, 0) is 6.61 Å². The zero-order valence-corrected chi connectivity index (χ0v) is 13.0. The molecule has 3 nitrogen and oxygen atoms in total. The Morgan fingerprint density at radius 1 is 1.05 bits per heavy atom. The molecule has 0 saturated carbocycles. The first kappa shape index (κ1) is 15.4. The number of hydrogen-bond acceptors (Lipinski definition) is 3. The number of methoxy groups -OCH3 is 1.